The normalized spacial score (nSPS) is 9.97. The number of carboxylic acid groups (broad SMARTS) is 5. The summed E-state index contributed by atoms with van der Waals surface area (Å²) in [6, 6.07) is 0. The van der Waals surface area contributed by atoms with Crippen LogP contribution in [0.1, 0.15) is 0 Å². The van der Waals surface area contributed by atoms with Crippen LogP contribution in [0.4, 0.5) is 0 Å². The van der Waals surface area contributed by atoms with Gasteiger partial charge in [-0.2, -0.15) is 0 Å². The zero-order valence-corrected chi connectivity index (χ0v) is 22.3. The van der Waals surface area contributed by atoms with Crippen LogP contribution in [0.25, 0.3) is 0 Å². The van der Waals surface area contributed by atoms with Crippen LogP contribution in [0.5, 0.6) is 0 Å². The molecule has 0 N–H and O–H groups in total. The molecule has 0 atom stereocenters. The summed E-state index contributed by atoms with van der Waals surface area (Å²) in [4.78, 5) is 56.4. The van der Waals surface area contributed by atoms with Crippen LogP contribution < -0.4 is 84.6 Å². The number of rotatable bonds is 16. The molecule has 1 radical (unpaired) electrons. The zero-order chi connectivity index (χ0) is 21.0. The Labute approximate surface area is 255 Å². The summed E-state index contributed by atoms with van der Waals surface area (Å²) in [6.07, 6.45) is 0. The molecule has 0 rings (SSSR count). The molecule has 0 aliphatic heterocycles. The number of hydrogen-bond acceptors (Lipinski definition) is 13. The molecule has 0 saturated heterocycles. The first kappa shape index (κ1) is 38.0. The van der Waals surface area contributed by atoms with Crippen LogP contribution in [0.2, 0.25) is 0 Å². The van der Waals surface area contributed by atoms with E-state index in [9.17, 15) is 49.5 Å². The van der Waals surface area contributed by atoms with Crippen molar-refractivity contribution >= 4 is 29.8 Å². The summed E-state index contributed by atoms with van der Waals surface area (Å²) >= 11 is 0. The quantitative estimate of drug-likeness (QED) is 0.150. The Kier molecular flexibility index (Phi) is 27.4. The maximum atomic E-state index is 10.8. The van der Waals surface area contributed by atoms with E-state index in [0.29, 0.717) is 0 Å². The van der Waals surface area contributed by atoms with Crippen LogP contribution in [0.3, 0.4) is 0 Å². The molecule has 13 nitrogen and oxygen atoms in total. The van der Waals surface area contributed by atoms with Gasteiger partial charge in [0.15, 0.2) is 0 Å². The van der Waals surface area contributed by atoms with Gasteiger partial charge >= 0.3 is 106 Å². The summed E-state index contributed by atoms with van der Waals surface area (Å²) in [5.74, 6) is -7.67. The molecule has 0 saturated carbocycles. The van der Waals surface area contributed by atoms with E-state index in [4.69, 9.17) is 0 Å². The number of hydrogen-bond donors (Lipinski definition) is 0. The van der Waals surface area contributed by atoms with Crippen molar-refractivity contribution in [2.75, 3.05) is 58.9 Å². The van der Waals surface area contributed by atoms with Gasteiger partial charge in [0.2, 0.25) is 0 Å². The number of aliphatic carboxylic acids is 5. The van der Waals surface area contributed by atoms with Crippen LogP contribution in [-0.2, 0) is 24.0 Å². The molecule has 0 aliphatic rings. The second-order valence-corrected chi connectivity index (χ2v) is 5.56. The monoisotopic (exact) mass is 603 g/mol. The van der Waals surface area contributed by atoms with E-state index in [1.807, 2.05) is 0 Å². The van der Waals surface area contributed by atoms with Gasteiger partial charge in [-0.1, -0.05) is 0 Å². The summed E-state index contributed by atoms with van der Waals surface area (Å²) in [5.41, 5.74) is 0. The molecule has 0 amide bonds. The molecule has 16 heteroatoms. The Morgan fingerprint density at radius 2 is 0.600 bits per heavy atom. The molecular weight excluding hydrogens is 585 g/mol. The van der Waals surface area contributed by atoms with Gasteiger partial charge in [-0.15, -0.1) is 0 Å². The maximum Gasteiger partial charge on any atom is 3.00 e. The van der Waals surface area contributed by atoms with Crippen LogP contribution >= 0.6 is 0 Å². The maximum absolute atomic E-state index is 10.8. The van der Waals surface area contributed by atoms with Gasteiger partial charge in [-0.3, -0.25) is 14.7 Å². The van der Waals surface area contributed by atoms with E-state index >= 15 is 0 Å². The zero-order valence-electron chi connectivity index (χ0n) is 16.6. The molecule has 0 aromatic carbocycles. The third-order valence-electron chi connectivity index (χ3n) is 3.23. The summed E-state index contributed by atoms with van der Waals surface area (Å²) in [6.45, 7) is -4.16. The Balaban J connectivity index is -0.00000113. The van der Waals surface area contributed by atoms with Gasteiger partial charge in [0, 0.05) is 58.9 Å². The molecule has 0 aromatic heterocycles. The second-order valence-electron chi connectivity index (χ2n) is 5.56. The standard InChI is InChI=1S/C14H23N3O10.2Na.Yb/c18-10(19)5-15(1-3-16(6-11(20)21)7-12(22)23)2-4-17(8-13(24)25)9-14(26)27;;;/h1-9H2,(H,18,19)(H,20,21)(H,22,23)(H,24,25)(H,26,27);;;/q;2*+1;+3/p-5/i;;;1-4. The van der Waals surface area contributed by atoms with E-state index in [-0.39, 0.29) is 132 Å². The summed E-state index contributed by atoms with van der Waals surface area (Å²) in [7, 11) is 0. The van der Waals surface area contributed by atoms with Crippen molar-refractivity contribution in [1.29, 1.82) is 0 Å². The Bertz CT molecular complexity index is 498. The summed E-state index contributed by atoms with van der Waals surface area (Å²) < 4.78 is 0. The topological polar surface area (TPSA) is 210 Å². The fourth-order valence-corrected chi connectivity index (χ4v) is 2.18. The second kappa shape index (κ2) is 21.6. The minimum atomic E-state index is -1.54. The first-order valence-electron chi connectivity index (χ1n) is 7.66. The van der Waals surface area contributed by atoms with Crippen molar-refractivity contribution in [2.45, 2.75) is 0 Å². The third kappa shape index (κ3) is 23.4. The predicted molar refractivity (Wildman–Crippen MR) is 74.4 cm³/mol. The van der Waals surface area contributed by atoms with E-state index in [1.165, 1.54) is 4.90 Å². The van der Waals surface area contributed by atoms with Crippen molar-refractivity contribution in [3.8, 4) is 0 Å². The minimum Gasteiger partial charge on any atom is -0.549 e. The average Bonchev–Trinajstić information content (AvgIpc) is 2.46. The molecule has 0 fully saturated rings. The van der Waals surface area contributed by atoms with Crippen molar-refractivity contribution in [1.82, 2.24) is 14.7 Å². The van der Waals surface area contributed by atoms with E-state index in [2.05, 4.69) is 0 Å². The van der Waals surface area contributed by atoms with E-state index < -0.39 is 62.6 Å². The number of nitrogens with zero attached hydrogens (tertiary/aromatic N) is 3. The SMILES string of the molecule is O=C([O-])CN(CCN(CC(=O)[O-])CC(=O)[O-])CCN(CC(=O)[O-])CC(=O)[O-].[169Yb+3].[Na+].[Na+]. The number of carboxylic acids is 5. The average molecular weight is 603 g/mol. The summed E-state index contributed by atoms with van der Waals surface area (Å²) in [5, 5.41) is 53.3. The molecule has 0 bridgehead atoms. The van der Waals surface area contributed by atoms with Gasteiger partial charge < -0.3 is 49.5 Å². The van der Waals surface area contributed by atoms with Crippen LogP contribution in [-0.4, -0.2) is 103 Å². The first-order chi connectivity index (χ1) is 12.5. The van der Waals surface area contributed by atoms with Gasteiger partial charge in [0.1, 0.15) is 0 Å². The van der Waals surface area contributed by atoms with Crippen molar-refractivity contribution < 1.29 is 156 Å². The molecule has 0 unspecified atom stereocenters. The molecular formula is C14H18N3Na2O10Yb. The van der Waals surface area contributed by atoms with Gasteiger partial charge in [-0.05, 0) is 0 Å². The smallest absolute Gasteiger partial charge is 0.549 e. The van der Waals surface area contributed by atoms with Crippen LogP contribution in [0, 0.1) is 46.9 Å². The van der Waals surface area contributed by atoms with Gasteiger partial charge in [-0.25, -0.2) is 0 Å². The predicted octanol–water partition coefficient (Wildman–Crippen LogP) is -15.4. The fourth-order valence-electron chi connectivity index (χ4n) is 2.18. The Hall–Kier alpha value is 0.749. The molecule has 0 aromatic rings. The van der Waals surface area contributed by atoms with Crippen LogP contribution in [0.15, 0.2) is 0 Å². The van der Waals surface area contributed by atoms with Gasteiger partial charge in [0.05, 0.1) is 29.8 Å². The molecule has 30 heavy (non-hydrogen) atoms. The number of carbonyl (C=O) groups excluding carboxylic acids is 5. The Morgan fingerprint density at radius 3 is 0.800 bits per heavy atom. The van der Waals surface area contributed by atoms with Crippen molar-refractivity contribution in [2.24, 2.45) is 0 Å². The number of carbonyl (C=O) groups is 5. The fraction of sp³-hybridized carbons (Fsp3) is 0.643. The largest absolute Gasteiger partial charge is 3.00 e. The van der Waals surface area contributed by atoms with Crippen molar-refractivity contribution in [3.05, 3.63) is 0 Å². The molecule has 0 heterocycles. The molecule has 165 valence electrons. The minimum absolute atomic E-state index is 0. The first-order valence-corrected chi connectivity index (χ1v) is 7.66. The van der Waals surface area contributed by atoms with Gasteiger partial charge in [0.25, 0.3) is 0 Å². The third-order valence-corrected chi connectivity index (χ3v) is 3.23. The molecule has 0 aliphatic carbocycles. The van der Waals surface area contributed by atoms with Crippen molar-refractivity contribution in [3.63, 3.8) is 0 Å². The van der Waals surface area contributed by atoms with E-state index in [1.54, 1.807) is 0 Å². The Morgan fingerprint density at radius 1 is 0.433 bits per heavy atom. The van der Waals surface area contributed by atoms with E-state index in [0.717, 1.165) is 9.80 Å². The molecule has 0 spiro atoms.